The molecule has 2 nitrogen and oxygen atoms in total. The van der Waals surface area contributed by atoms with Gasteiger partial charge in [0.25, 0.3) is 0 Å². The fourth-order valence-corrected chi connectivity index (χ4v) is 0.704. The molecule has 2 heteroatoms. The summed E-state index contributed by atoms with van der Waals surface area (Å²) < 4.78 is 0. The van der Waals surface area contributed by atoms with Crippen molar-refractivity contribution in [3.63, 3.8) is 0 Å². The Balaban J connectivity index is 2.59. The second-order valence-electron chi connectivity index (χ2n) is 1.97. The van der Waals surface area contributed by atoms with E-state index < -0.39 is 0 Å². The molecular weight excluding hydrogens is 124 g/mol. The molecule has 1 rings (SSSR count). The number of hydrogen-bond acceptors (Lipinski definition) is 2. The Labute approximate surface area is 60.6 Å². The molecule has 0 saturated heterocycles. The Morgan fingerprint density at radius 3 is 3.10 bits per heavy atom. The summed E-state index contributed by atoms with van der Waals surface area (Å²) in [6.07, 6.45) is 4.47. The van der Waals surface area contributed by atoms with E-state index in [1.54, 1.807) is 13.2 Å². The molecule has 0 spiro atoms. The van der Waals surface area contributed by atoms with E-state index in [0.717, 1.165) is 12.1 Å². The van der Waals surface area contributed by atoms with Crippen molar-refractivity contribution in [1.82, 2.24) is 4.98 Å². The number of pyridine rings is 1. The minimum atomic E-state index is 0.831. The molecule has 0 aromatic carbocycles. The van der Waals surface area contributed by atoms with E-state index in [1.807, 2.05) is 24.4 Å². The Kier molecular flexibility index (Phi) is 2.62. The van der Waals surface area contributed by atoms with Crippen molar-refractivity contribution >= 4 is 6.21 Å². The number of hydrogen-bond donors (Lipinski definition) is 0. The third kappa shape index (κ3) is 1.97. The van der Waals surface area contributed by atoms with Crippen LogP contribution in [0.15, 0.2) is 29.4 Å². The largest absolute Gasteiger partial charge is 0.300 e. The van der Waals surface area contributed by atoms with Gasteiger partial charge in [-0.1, -0.05) is 6.07 Å². The van der Waals surface area contributed by atoms with Gasteiger partial charge in [0.05, 0.1) is 0 Å². The van der Waals surface area contributed by atoms with Gasteiger partial charge in [0, 0.05) is 31.6 Å². The standard InChI is InChI=1S/C8H10N2/c1-9-7-5-8-4-2-3-6-10-8/h2-4,6-7H,5H2,1H3/b9-7+. The van der Waals surface area contributed by atoms with E-state index in [-0.39, 0.29) is 0 Å². The van der Waals surface area contributed by atoms with Crippen molar-refractivity contribution < 1.29 is 0 Å². The summed E-state index contributed by atoms with van der Waals surface area (Å²) in [6.45, 7) is 0. The molecule has 0 radical (unpaired) electrons. The summed E-state index contributed by atoms with van der Waals surface area (Å²) in [5.74, 6) is 0. The van der Waals surface area contributed by atoms with Crippen LogP contribution in [0.2, 0.25) is 0 Å². The second kappa shape index (κ2) is 3.77. The van der Waals surface area contributed by atoms with Gasteiger partial charge in [-0.2, -0.15) is 0 Å². The SMILES string of the molecule is C/N=C/Cc1ccccn1. The van der Waals surface area contributed by atoms with Crippen molar-refractivity contribution in [3.8, 4) is 0 Å². The Morgan fingerprint density at radius 2 is 2.50 bits per heavy atom. The average Bonchev–Trinajstić information content (AvgIpc) is 2.03. The van der Waals surface area contributed by atoms with Crippen LogP contribution in [0.1, 0.15) is 5.69 Å². The average molecular weight is 134 g/mol. The maximum absolute atomic E-state index is 4.12. The van der Waals surface area contributed by atoms with Crippen LogP contribution in [0.4, 0.5) is 0 Å². The van der Waals surface area contributed by atoms with Crippen LogP contribution in [-0.4, -0.2) is 18.2 Å². The van der Waals surface area contributed by atoms with Crippen molar-refractivity contribution in [2.24, 2.45) is 4.99 Å². The minimum absolute atomic E-state index is 0.831. The van der Waals surface area contributed by atoms with Crippen LogP contribution in [0.25, 0.3) is 0 Å². The molecule has 1 heterocycles. The molecule has 1 aromatic heterocycles. The molecule has 0 unspecified atom stereocenters. The molecule has 0 aliphatic carbocycles. The number of aromatic nitrogens is 1. The second-order valence-corrected chi connectivity index (χ2v) is 1.97. The number of aliphatic imine (C=N–C) groups is 1. The van der Waals surface area contributed by atoms with Crippen molar-refractivity contribution in [3.05, 3.63) is 30.1 Å². The van der Waals surface area contributed by atoms with Crippen LogP contribution in [0.3, 0.4) is 0 Å². The number of rotatable bonds is 2. The minimum Gasteiger partial charge on any atom is -0.300 e. The molecule has 0 saturated carbocycles. The molecule has 10 heavy (non-hydrogen) atoms. The zero-order valence-corrected chi connectivity index (χ0v) is 5.99. The maximum atomic E-state index is 4.12. The van der Waals surface area contributed by atoms with Crippen LogP contribution in [0, 0.1) is 0 Å². The molecular formula is C8H10N2. The van der Waals surface area contributed by atoms with Crippen molar-refractivity contribution in [1.29, 1.82) is 0 Å². The van der Waals surface area contributed by atoms with Gasteiger partial charge in [-0.3, -0.25) is 4.98 Å². The number of nitrogens with zero attached hydrogens (tertiary/aromatic N) is 2. The highest BCUT2D eigenvalue weighted by atomic mass is 14.7. The van der Waals surface area contributed by atoms with E-state index in [2.05, 4.69) is 9.98 Å². The normalized spacial score (nSPS) is 10.5. The molecule has 0 aliphatic rings. The zero-order chi connectivity index (χ0) is 7.23. The lowest BCUT2D eigenvalue weighted by molar-refractivity contribution is 1.15. The zero-order valence-electron chi connectivity index (χ0n) is 5.99. The van der Waals surface area contributed by atoms with Gasteiger partial charge in [0.1, 0.15) is 0 Å². The summed E-state index contributed by atoms with van der Waals surface area (Å²) in [6, 6.07) is 5.88. The van der Waals surface area contributed by atoms with E-state index in [4.69, 9.17) is 0 Å². The third-order valence-corrected chi connectivity index (χ3v) is 1.21. The summed E-state index contributed by atoms with van der Waals surface area (Å²) in [5, 5.41) is 0. The van der Waals surface area contributed by atoms with E-state index in [1.165, 1.54) is 0 Å². The first-order chi connectivity index (χ1) is 4.93. The van der Waals surface area contributed by atoms with Gasteiger partial charge in [0.15, 0.2) is 0 Å². The molecule has 0 atom stereocenters. The molecule has 0 bridgehead atoms. The van der Waals surface area contributed by atoms with E-state index in [9.17, 15) is 0 Å². The first-order valence-corrected chi connectivity index (χ1v) is 3.24. The lowest BCUT2D eigenvalue weighted by Crippen LogP contribution is -1.88. The van der Waals surface area contributed by atoms with Gasteiger partial charge in [0.2, 0.25) is 0 Å². The molecule has 0 aliphatic heterocycles. The Bertz CT molecular complexity index is 204. The van der Waals surface area contributed by atoms with Gasteiger partial charge >= 0.3 is 0 Å². The van der Waals surface area contributed by atoms with Gasteiger partial charge < -0.3 is 4.99 Å². The molecule has 0 fully saturated rings. The monoisotopic (exact) mass is 134 g/mol. The third-order valence-electron chi connectivity index (χ3n) is 1.21. The fraction of sp³-hybridized carbons (Fsp3) is 0.250. The summed E-state index contributed by atoms with van der Waals surface area (Å²) in [5.41, 5.74) is 1.06. The lowest BCUT2D eigenvalue weighted by Gasteiger charge is -1.90. The first kappa shape index (κ1) is 6.93. The molecule has 0 N–H and O–H groups in total. The van der Waals surface area contributed by atoms with Gasteiger partial charge in [-0.15, -0.1) is 0 Å². The maximum Gasteiger partial charge on any atom is 0.0456 e. The summed E-state index contributed by atoms with van der Waals surface area (Å²) in [7, 11) is 1.77. The van der Waals surface area contributed by atoms with Crippen molar-refractivity contribution in [2.45, 2.75) is 6.42 Å². The van der Waals surface area contributed by atoms with Crippen LogP contribution in [0.5, 0.6) is 0 Å². The first-order valence-electron chi connectivity index (χ1n) is 3.24. The molecule has 0 amide bonds. The molecule has 52 valence electrons. The Hall–Kier alpha value is -1.18. The topological polar surface area (TPSA) is 25.2 Å². The summed E-state index contributed by atoms with van der Waals surface area (Å²) >= 11 is 0. The van der Waals surface area contributed by atoms with Crippen LogP contribution >= 0.6 is 0 Å². The quantitative estimate of drug-likeness (QED) is 0.560. The van der Waals surface area contributed by atoms with E-state index >= 15 is 0 Å². The van der Waals surface area contributed by atoms with Gasteiger partial charge in [-0.25, -0.2) is 0 Å². The predicted octanol–water partition coefficient (Wildman–Crippen LogP) is 1.32. The Morgan fingerprint density at radius 1 is 1.60 bits per heavy atom. The highest BCUT2D eigenvalue weighted by Crippen LogP contribution is 1.91. The van der Waals surface area contributed by atoms with Gasteiger partial charge in [-0.05, 0) is 12.1 Å². The highest BCUT2D eigenvalue weighted by Gasteiger charge is 1.85. The lowest BCUT2D eigenvalue weighted by atomic mass is 10.3. The predicted molar refractivity (Wildman–Crippen MR) is 42.4 cm³/mol. The fourth-order valence-electron chi connectivity index (χ4n) is 0.704. The van der Waals surface area contributed by atoms with Crippen LogP contribution < -0.4 is 0 Å². The smallest absolute Gasteiger partial charge is 0.0456 e. The summed E-state index contributed by atoms with van der Waals surface area (Å²) in [4.78, 5) is 7.99. The van der Waals surface area contributed by atoms with Crippen molar-refractivity contribution in [2.75, 3.05) is 7.05 Å². The van der Waals surface area contributed by atoms with E-state index in [0.29, 0.717) is 0 Å². The van der Waals surface area contributed by atoms with Crippen LogP contribution in [-0.2, 0) is 6.42 Å². The molecule has 1 aromatic rings. The highest BCUT2D eigenvalue weighted by molar-refractivity contribution is 5.60.